The van der Waals surface area contributed by atoms with Crippen molar-refractivity contribution in [1.82, 2.24) is 0 Å². The third-order valence-corrected chi connectivity index (χ3v) is 6.43. The van der Waals surface area contributed by atoms with Crippen molar-refractivity contribution in [1.29, 1.82) is 0 Å². The summed E-state index contributed by atoms with van der Waals surface area (Å²) in [6, 6.07) is 0. The largest absolute Gasteiger partial charge is 0.507 e. The van der Waals surface area contributed by atoms with Crippen LogP contribution >= 0.6 is 0 Å². The Morgan fingerprint density at radius 2 is 1.46 bits per heavy atom. The zero-order chi connectivity index (χ0) is 20.2. The van der Waals surface area contributed by atoms with Crippen LogP contribution in [0.1, 0.15) is 83.9 Å². The summed E-state index contributed by atoms with van der Waals surface area (Å²) >= 11 is 0. The standard InChI is InChI=1S/C23H38O3/c1-9-18(14(4)5)15(6)12-13-23(10-2,11-3)19-16(7)20(24)17(8)21(25)22(19)26/h12,14,18,24-26H,9-11,13H2,1-8H3. The van der Waals surface area contributed by atoms with Crippen LogP contribution in [0.4, 0.5) is 0 Å². The quantitative estimate of drug-likeness (QED) is 0.281. The van der Waals surface area contributed by atoms with Crippen LogP contribution in [-0.4, -0.2) is 15.3 Å². The van der Waals surface area contributed by atoms with Gasteiger partial charge in [0.1, 0.15) is 5.75 Å². The number of aromatic hydroxyl groups is 3. The summed E-state index contributed by atoms with van der Waals surface area (Å²) < 4.78 is 0. The molecule has 0 aliphatic carbocycles. The van der Waals surface area contributed by atoms with Crippen LogP contribution in [0.2, 0.25) is 0 Å². The number of hydrogen-bond acceptors (Lipinski definition) is 3. The third kappa shape index (κ3) is 4.02. The summed E-state index contributed by atoms with van der Waals surface area (Å²) in [5.74, 6) is 0.940. The Labute approximate surface area is 159 Å². The summed E-state index contributed by atoms with van der Waals surface area (Å²) in [5.41, 5.74) is 2.76. The van der Waals surface area contributed by atoms with E-state index in [1.54, 1.807) is 6.92 Å². The Morgan fingerprint density at radius 1 is 0.923 bits per heavy atom. The smallest absolute Gasteiger partial charge is 0.164 e. The molecule has 0 spiro atoms. The van der Waals surface area contributed by atoms with Crippen molar-refractivity contribution in [3.8, 4) is 17.2 Å². The number of hydrogen-bond donors (Lipinski definition) is 3. The first-order valence-electron chi connectivity index (χ1n) is 9.98. The fourth-order valence-electron chi connectivity index (χ4n) is 4.46. The lowest BCUT2D eigenvalue weighted by atomic mass is 9.70. The summed E-state index contributed by atoms with van der Waals surface area (Å²) in [4.78, 5) is 0. The van der Waals surface area contributed by atoms with E-state index in [9.17, 15) is 15.3 Å². The van der Waals surface area contributed by atoms with Gasteiger partial charge in [-0.15, -0.1) is 0 Å². The number of phenolic OH excluding ortho intramolecular Hbond substituents is 3. The van der Waals surface area contributed by atoms with Gasteiger partial charge in [-0.2, -0.15) is 0 Å². The minimum Gasteiger partial charge on any atom is -0.507 e. The number of phenols is 3. The predicted molar refractivity (Wildman–Crippen MR) is 110 cm³/mol. The molecule has 0 heterocycles. The van der Waals surface area contributed by atoms with E-state index < -0.39 is 0 Å². The Kier molecular flexibility index (Phi) is 7.61. The lowest BCUT2D eigenvalue weighted by Crippen LogP contribution is -2.26. The van der Waals surface area contributed by atoms with Gasteiger partial charge in [0.15, 0.2) is 11.5 Å². The van der Waals surface area contributed by atoms with E-state index in [1.165, 1.54) is 5.57 Å². The molecule has 0 radical (unpaired) electrons. The first-order chi connectivity index (χ1) is 12.1. The minimum absolute atomic E-state index is 0.0795. The van der Waals surface area contributed by atoms with Crippen LogP contribution in [0, 0.1) is 25.7 Å². The van der Waals surface area contributed by atoms with Crippen LogP contribution in [0.25, 0.3) is 0 Å². The molecular formula is C23H38O3. The molecule has 1 atom stereocenters. The average Bonchev–Trinajstić information content (AvgIpc) is 2.61. The molecule has 0 bridgehead atoms. The van der Waals surface area contributed by atoms with E-state index in [-0.39, 0.29) is 22.7 Å². The minimum atomic E-state index is -0.312. The summed E-state index contributed by atoms with van der Waals surface area (Å²) in [7, 11) is 0. The van der Waals surface area contributed by atoms with Crippen LogP contribution in [0.15, 0.2) is 11.6 Å². The van der Waals surface area contributed by atoms with Gasteiger partial charge < -0.3 is 15.3 Å². The number of rotatable bonds is 8. The van der Waals surface area contributed by atoms with E-state index in [2.05, 4.69) is 47.6 Å². The molecule has 1 aromatic carbocycles. The SMILES string of the molecule is CCC(C(C)=CCC(CC)(CC)c1c(C)c(O)c(C)c(O)c1O)C(C)C. The second-order valence-corrected chi connectivity index (χ2v) is 8.07. The van der Waals surface area contributed by atoms with E-state index in [1.807, 2.05) is 6.92 Å². The molecular weight excluding hydrogens is 324 g/mol. The van der Waals surface area contributed by atoms with Crippen molar-refractivity contribution >= 4 is 0 Å². The first-order valence-corrected chi connectivity index (χ1v) is 9.98. The fraction of sp³-hybridized carbons (Fsp3) is 0.652. The van der Waals surface area contributed by atoms with Crippen LogP contribution in [-0.2, 0) is 5.41 Å². The van der Waals surface area contributed by atoms with Gasteiger partial charge in [-0.1, -0.05) is 46.3 Å². The molecule has 3 heteroatoms. The highest BCUT2D eigenvalue weighted by Crippen LogP contribution is 2.50. The molecule has 0 fully saturated rings. The maximum absolute atomic E-state index is 10.7. The van der Waals surface area contributed by atoms with Gasteiger partial charge >= 0.3 is 0 Å². The van der Waals surface area contributed by atoms with Gasteiger partial charge in [-0.05, 0) is 63.9 Å². The molecule has 3 nitrogen and oxygen atoms in total. The zero-order valence-electron chi connectivity index (χ0n) is 17.9. The van der Waals surface area contributed by atoms with E-state index >= 15 is 0 Å². The van der Waals surface area contributed by atoms with Crippen molar-refractivity contribution in [2.45, 2.75) is 86.5 Å². The molecule has 1 unspecified atom stereocenters. The highest BCUT2D eigenvalue weighted by atomic mass is 16.3. The molecule has 26 heavy (non-hydrogen) atoms. The van der Waals surface area contributed by atoms with Crippen LogP contribution in [0.5, 0.6) is 17.2 Å². The van der Waals surface area contributed by atoms with Crippen molar-refractivity contribution < 1.29 is 15.3 Å². The molecule has 0 saturated carbocycles. The van der Waals surface area contributed by atoms with E-state index in [0.29, 0.717) is 28.5 Å². The maximum atomic E-state index is 10.7. The van der Waals surface area contributed by atoms with Crippen molar-refractivity contribution in [2.75, 3.05) is 0 Å². The number of benzene rings is 1. The van der Waals surface area contributed by atoms with Gasteiger partial charge in [-0.3, -0.25) is 0 Å². The van der Waals surface area contributed by atoms with Crippen molar-refractivity contribution in [2.24, 2.45) is 11.8 Å². The molecule has 0 amide bonds. The summed E-state index contributed by atoms with van der Waals surface area (Å²) in [5, 5.41) is 31.4. The molecule has 3 N–H and O–H groups in total. The van der Waals surface area contributed by atoms with Gasteiger partial charge in [-0.25, -0.2) is 0 Å². The molecule has 148 valence electrons. The van der Waals surface area contributed by atoms with Crippen LogP contribution in [0.3, 0.4) is 0 Å². The van der Waals surface area contributed by atoms with Gasteiger partial charge in [0.05, 0.1) is 0 Å². The highest BCUT2D eigenvalue weighted by Gasteiger charge is 2.35. The highest BCUT2D eigenvalue weighted by molar-refractivity contribution is 5.62. The summed E-state index contributed by atoms with van der Waals surface area (Å²) in [6.07, 6.45) is 5.84. The maximum Gasteiger partial charge on any atom is 0.164 e. The van der Waals surface area contributed by atoms with Gasteiger partial charge in [0.2, 0.25) is 0 Å². The molecule has 0 saturated heterocycles. The fourth-order valence-corrected chi connectivity index (χ4v) is 4.46. The Balaban J connectivity index is 3.49. The summed E-state index contributed by atoms with van der Waals surface area (Å²) in [6.45, 7) is 16.6. The lowest BCUT2D eigenvalue weighted by Gasteiger charge is -2.35. The van der Waals surface area contributed by atoms with E-state index in [0.717, 1.165) is 25.7 Å². The lowest BCUT2D eigenvalue weighted by molar-refractivity contribution is 0.341. The third-order valence-electron chi connectivity index (χ3n) is 6.43. The zero-order valence-corrected chi connectivity index (χ0v) is 17.9. The Hall–Kier alpha value is -1.64. The molecule has 0 aromatic heterocycles. The Bertz CT molecular complexity index is 623. The molecule has 1 aromatic rings. The Morgan fingerprint density at radius 3 is 1.88 bits per heavy atom. The molecule has 1 rings (SSSR count). The second kappa shape index (κ2) is 8.83. The van der Waals surface area contributed by atoms with Gasteiger partial charge in [0.25, 0.3) is 0 Å². The monoisotopic (exact) mass is 362 g/mol. The predicted octanol–water partition coefficient (Wildman–Crippen LogP) is 6.50. The van der Waals surface area contributed by atoms with Crippen LogP contribution < -0.4 is 0 Å². The topological polar surface area (TPSA) is 60.7 Å². The average molecular weight is 363 g/mol. The molecule has 0 aliphatic heterocycles. The van der Waals surface area contributed by atoms with Gasteiger partial charge in [0, 0.05) is 16.5 Å². The van der Waals surface area contributed by atoms with E-state index in [4.69, 9.17) is 0 Å². The molecule has 0 aliphatic rings. The first kappa shape index (κ1) is 22.4. The number of allylic oxidation sites excluding steroid dienone is 2. The van der Waals surface area contributed by atoms with Crippen molar-refractivity contribution in [3.63, 3.8) is 0 Å². The normalized spacial score (nSPS) is 14.1. The second-order valence-electron chi connectivity index (χ2n) is 8.07. The van der Waals surface area contributed by atoms with Crippen molar-refractivity contribution in [3.05, 3.63) is 28.3 Å².